The highest BCUT2D eigenvalue weighted by atomic mass is 35.5. The maximum Gasteiger partial charge on any atom is 0.223 e. The van der Waals surface area contributed by atoms with Gasteiger partial charge in [-0.2, -0.15) is 0 Å². The number of hydrogen-bond donors (Lipinski definition) is 1. The van der Waals surface area contributed by atoms with Gasteiger partial charge in [0, 0.05) is 25.0 Å². The maximum atomic E-state index is 12.9. The summed E-state index contributed by atoms with van der Waals surface area (Å²) >= 11 is 12.2. The number of halogens is 2. The van der Waals surface area contributed by atoms with Crippen molar-refractivity contribution in [3.05, 3.63) is 33.8 Å². The molecule has 1 N–H and O–H groups in total. The molecule has 3 atom stereocenters. The third-order valence-corrected chi connectivity index (χ3v) is 6.67. The Morgan fingerprint density at radius 1 is 1.12 bits per heavy atom. The molecule has 1 amide bonds. The number of nitrogens with one attached hydrogen (secondary N) is 1. The fourth-order valence-corrected chi connectivity index (χ4v) is 5.14. The largest absolute Gasteiger partial charge is 0.336 e. The predicted octanol–water partition coefficient (Wildman–Crippen LogP) is 4.58. The van der Waals surface area contributed by atoms with Crippen molar-refractivity contribution in [2.24, 2.45) is 5.92 Å². The number of benzene rings is 1. The Labute approximate surface area is 153 Å². The number of carbonyl (C=O) groups excluding carboxylic acids is 1. The second-order valence-electron chi connectivity index (χ2n) is 7.60. The van der Waals surface area contributed by atoms with E-state index in [9.17, 15) is 4.79 Å². The van der Waals surface area contributed by atoms with Crippen molar-refractivity contribution in [2.45, 2.75) is 63.1 Å². The fourth-order valence-electron chi connectivity index (χ4n) is 4.84. The van der Waals surface area contributed by atoms with Crippen LogP contribution < -0.4 is 5.32 Å². The second-order valence-corrected chi connectivity index (χ2v) is 8.41. The first-order chi connectivity index (χ1) is 11.6. The maximum absolute atomic E-state index is 12.9. The van der Waals surface area contributed by atoms with Crippen molar-refractivity contribution in [3.8, 4) is 0 Å². The first kappa shape index (κ1) is 16.7. The molecule has 3 aliphatic heterocycles. The summed E-state index contributed by atoms with van der Waals surface area (Å²) in [6.45, 7) is 0.863. The summed E-state index contributed by atoms with van der Waals surface area (Å²) < 4.78 is 0. The number of hydrogen-bond acceptors (Lipinski definition) is 2. The quantitative estimate of drug-likeness (QED) is 0.848. The van der Waals surface area contributed by atoms with Crippen LogP contribution in [0.15, 0.2) is 18.2 Å². The van der Waals surface area contributed by atoms with Gasteiger partial charge in [0.05, 0.1) is 16.1 Å². The van der Waals surface area contributed by atoms with E-state index in [4.69, 9.17) is 23.2 Å². The summed E-state index contributed by atoms with van der Waals surface area (Å²) in [6, 6.07) is 7.22. The van der Waals surface area contributed by atoms with Crippen molar-refractivity contribution < 1.29 is 4.79 Å². The zero-order valence-electron chi connectivity index (χ0n) is 13.8. The number of piperidine rings is 1. The molecule has 1 aromatic rings. The van der Waals surface area contributed by atoms with E-state index < -0.39 is 0 Å². The Balaban J connectivity index is 1.44. The number of nitrogens with zero attached hydrogens (tertiary/aromatic N) is 1. The first-order valence-electron chi connectivity index (χ1n) is 9.10. The second kappa shape index (κ2) is 6.86. The van der Waals surface area contributed by atoms with Crippen molar-refractivity contribution in [1.82, 2.24) is 10.2 Å². The van der Waals surface area contributed by atoms with Gasteiger partial charge in [-0.25, -0.2) is 0 Å². The average molecular weight is 367 g/mol. The summed E-state index contributed by atoms with van der Waals surface area (Å²) in [5.74, 6) is 0.862. The molecule has 3 heterocycles. The zero-order valence-corrected chi connectivity index (χ0v) is 15.3. The number of amides is 1. The van der Waals surface area contributed by atoms with Crippen LogP contribution in [-0.4, -0.2) is 29.4 Å². The third kappa shape index (κ3) is 3.31. The lowest BCUT2D eigenvalue weighted by Crippen LogP contribution is -2.40. The lowest BCUT2D eigenvalue weighted by atomic mass is 9.89. The van der Waals surface area contributed by atoms with Crippen LogP contribution in [0.3, 0.4) is 0 Å². The molecule has 3 saturated heterocycles. The molecule has 0 aromatic heterocycles. The van der Waals surface area contributed by atoms with E-state index in [1.807, 2.05) is 18.2 Å². The van der Waals surface area contributed by atoms with Crippen molar-refractivity contribution in [3.63, 3.8) is 0 Å². The molecule has 4 rings (SSSR count). The summed E-state index contributed by atoms with van der Waals surface area (Å²) in [4.78, 5) is 15.0. The Morgan fingerprint density at radius 2 is 1.88 bits per heavy atom. The highest BCUT2D eigenvalue weighted by Crippen LogP contribution is 2.37. The van der Waals surface area contributed by atoms with Gasteiger partial charge in [-0.15, -0.1) is 0 Å². The molecule has 5 heteroatoms. The molecule has 3 nitrogen and oxygen atoms in total. The summed E-state index contributed by atoms with van der Waals surface area (Å²) in [5, 5.41) is 4.80. The van der Waals surface area contributed by atoms with E-state index in [1.165, 1.54) is 12.8 Å². The predicted molar refractivity (Wildman–Crippen MR) is 97.4 cm³/mol. The van der Waals surface area contributed by atoms with E-state index in [0.717, 1.165) is 37.8 Å². The summed E-state index contributed by atoms with van der Waals surface area (Å²) in [7, 11) is 0. The first-order valence-corrected chi connectivity index (χ1v) is 9.86. The van der Waals surface area contributed by atoms with Gasteiger partial charge in [0.15, 0.2) is 0 Å². The molecule has 0 radical (unpaired) electrons. The minimum absolute atomic E-state index is 0.158. The molecule has 0 saturated carbocycles. The molecule has 0 aliphatic carbocycles. The number of carbonyl (C=O) groups is 1. The molecule has 0 spiro atoms. The smallest absolute Gasteiger partial charge is 0.223 e. The van der Waals surface area contributed by atoms with E-state index >= 15 is 0 Å². The molecule has 3 aliphatic rings. The van der Waals surface area contributed by atoms with Crippen LogP contribution in [-0.2, 0) is 4.79 Å². The van der Waals surface area contributed by atoms with Crippen LogP contribution in [0.25, 0.3) is 0 Å². The molecular weight excluding hydrogens is 343 g/mol. The summed E-state index contributed by atoms with van der Waals surface area (Å²) in [5.41, 5.74) is 1.11. The van der Waals surface area contributed by atoms with Crippen LogP contribution in [0.4, 0.5) is 0 Å². The van der Waals surface area contributed by atoms with Gasteiger partial charge in [-0.3, -0.25) is 4.79 Å². The minimum atomic E-state index is 0.158. The van der Waals surface area contributed by atoms with Gasteiger partial charge in [0.25, 0.3) is 0 Å². The van der Waals surface area contributed by atoms with Crippen LogP contribution in [0, 0.1) is 5.92 Å². The summed E-state index contributed by atoms with van der Waals surface area (Å²) in [6.07, 6.45) is 7.67. The van der Waals surface area contributed by atoms with Crippen LogP contribution >= 0.6 is 23.2 Å². The van der Waals surface area contributed by atoms with E-state index in [-0.39, 0.29) is 6.04 Å². The lowest BCUT2D eigenvalue weighted by molar-refractivity contribution is -0.133. The van der Waals surface area contributed by atoms with Gasteiger partial charge in [0.2, 0.25) is 5.91 Å². The van der Waals surface area contributed by atoms with Gasteiger partial charge >= 0.3 is 0 Å². The minimum Gasteiger partial charge on any atom is -0.336 e. The van der Waals surface area contributed by atoms with Crippen LogP contribution in [0.2, 0.25) is 10.0 Å². The molecule has 3 unspecified atom stereocenters. The van der Waals surface area contributed by atoms with Gasteiger partial charge in [0.1, 0.15) is 0 Å². The monoisotopic (exact) mass is 366 g/mol. The molecular formula is C19H24Cl2N2O. The lowest BCUT2D eigenvalue weighted by Gasteiger charge is -2.31. The highest BCUT2D eigenvalue weighted by molar-refractivity contribution is 6.42. The van der Waals surface area contributed by atoms with E-state index in [1.54, 1.807) is 0 Å². The Bertz CT molecular complexity index is 624. The fraction of sp³-hybridized carbons (Fsp3) is 0.632. The number of likely N-dealkylation sites (tertiary alicyclic amines) is 1. The molecule has 24 heavy (non-hydrogen) atoms. The molecule has 3 fully saturated rings. The number of rotatable bonds is 3. The van der Waals surface area contributed by atoms with E-state index in [0.29, 0.717) is 40.4 Å². The van der Waals surface area contributed by atoms with Crippen molar-refractivity contribution in [1.29, 1.82) is 0 Å². The Morgan fingerprint density at radius 3 is 2.58 bits per heavy atom. The topological polar surface area (TPSA) is 32.3 Å². The Hall–Kier alpha value is -0.770. The molecule has 1 aromatic carbocycles. The SMILES string of the molecule is O=C(CC1CC2CCC(C1)N2)N1CCCC1c1ccc(Cl)c(Cl)c1. The third-order valence-electron chi connectivity index (χ3n) is 5.94. The van der Waals surface area contributed by atoms with Gasteiger partial charge < -0.3 is 10.2 Å². The van der Waals surface area contributed by atoms with Gasteiger partial charge in [-0.05, 0) is 62.1 Å². The molecule has 2 bridgehead atoms. The van der Waals surface area contributed by atoms with Gasteiger partial charge in [-0.1, -0.05) is 29.3 Å². The molecule has 130 valence electrons. The Kier molecular flexibility index (Phi) is 4.77. The van der Waals surface area contributed by atoms with Crippen molar-refractivity contribution >= 4 is 29.1 Å². The highest BCUT2D eigenvalue weighted by Gasteiger charge is 2.36. The normalized spacial score (nSPS) is 32.3. The zero-order chi connectivity index (χ0) is 16.7. The standard InChI is InChI=1S/C19H24Cl2N2O/c20-16-6-3-13(11-17(16)21)18-2-1-7-23(18)19(24)10-12-8-14-4-5-15(9-12)22-14/h3,6,11-12,14-15,18,22H,1-2,4-5,7-10H2. The van der Waals surface area contributed by atoms with Crippen molar-refractivity contribution in [2.75, 3.05) is 6.54 Å². The van der Waals surface area contributed by atoms with E-state index in [2.05, 4.69) is 10.2 Å². The average Bonchev–Trinajstić information content (AvgIpc) is 3.17. The number of fused-ring (bicyclic) bond motifs is 2. The van der Waals surface area contributed by atoms with Crippen LogP contribution in [0.1, 0.15) is 56.6 Å². The van der Waals surface area contributed by atoms with Crippen LogP contribution in [0.5, 0.6) is 0 Å².